The molecule has 0 radical (unpaired) electrons. The van der Waals surface area contributed by atoms with Gasteiger partial charge in [0.2, 0.25) is 5.89 Å². The standard InChI is InChI=1S/C11H8FN3OS/c1-7-14-15-11(16-7)17-6-9-4-8(5-13)2-3-10(9)12/h2-4H,6H2,1H3. The van der Waals surface area contributed by atoms with Crippen molar-refractivity contribution < 1.29 is 8.81 Å². The molecule has 0 aliphatic heterocycles. The molecule has 4 nitrogen and oxygen atoms in total. The number of hydrogen-bond donors (Lipinski definition) is 0. The summed E-state index contributed by atoms with van der Waals surface area (Å²) in [5.41, 5.74) is 0.883. The molecular weight excluding hydrogens is 241 g/mol. The lowest BCUT2D eigenvalue weighted by Gasteiger charge is -2.00. The van der Waals surface area contributed by atoms with Crippen LogP contribution in [0.1, 0.15) is 17.0 Å². The number of nitriles is 1. The van der Waals surface area contributed by atoms with Crippen molar-refractivity contribution in [3.8, 4) is 6.07 Å². The SMILES string of the molecule is Cc1nnc(SCc2cc(C#N)ccc2F)o1. The van der Waals surface area contributed by atoms with Gasteiger partial charge in [-0.25, -0.2) is 4.39 Å². The van der Waals surface area contributed by atoms with Crippen molar-refractivity contribution in [3.63, 3.8) is 0 Å². The molecule has 86 valence electrons. The number of rotatable bonds is 3. The summed E-state index contributed by atoms with van der Waals surface area (Å²) in [6.45, 7) is 1.69. The van der Waals surface area contributed by atoms with E-state index in [1.165, 1.54) is 30.0 Å². The first-order chi connectivity index (χ1) is 8.19. The Hall–Kier alpha value is -1.87. The first-order valence-corrected chi connectivity index (χ1v) is 5.79. The highest BCUT2D eigenvalue weighted by Gasteiger charge is 2.08. The Balaban J connectivity index is 2.11. The molecule has 1 aromatic carbocycles. The van der Waals surface area contributed by atoms with E-state index in [0.29, 0.717) is 28.0 Å². The topological polar surface area (TPSA) is 62.7 Å². The summed E-state index contributed by atoms with van der Waals surface area (Å²) in [4.78, 5) is 0. The number of benzene rings is 1. The fraction of sp³-hybridized carbons (Fsp3) is 0.182. The fourth-order valence-corrected chi connectivity index (χ4v) is 2.01. The van der Waals surface area contributed by atoms with E-state index in [-0.39, 0.29) is 5.82 Å². The Bertz CT molecular complexity index is 576. The highest BCUT2D eigenvalue weighted by molar-refractivity contribution is 7.98. The normalized spacial score (nSPS) is 10.2. The summed E-state index contributed by atoms with van der Waals surface area (Å²) in [7, 11) is 0. The van der Waals surface area contributed by atoms with Crippen molar-refractivity contribution >= 4 is 11.8 Å². The highest BCUT2D eigenvalue weighted by Crippen LogP contribution is 2.23. The van der Waals surface area contributed by atoms with Crippen LogP contribution in [0.15, 0.2) is 27.8 Å². The molecule has 0 unspecified atom stereocenters. The minimum atomic E-state index is -0.340. The van der Waals surface area contributed by atoms with E-state index in [9.17, 15) is 4.39 Å². The predicted molar refractivity (Wildman–Crippen MR) is 59.7 cm³/mol. The van der Waals surface area contributed by atoms with Gasteiger partial charge in [-0.2, -0.15) is 5.26 Å². The molecule has 0 aliphatic carbocycles. The Kier molecular flexibility index (Phi) is 3.40. The van der Waals surface area contributed by atoms with Crippen LogP contribution in [0.2, 0.25) is 0 Å². The van der Waals surface area contributed by atoms with Crippen LogP contribution in [0.25, 0.3) is 0 Å². The minimum Gasteiger partial charge on any atom is -0.416 e. The zero-order chi connectivity index (χ0) is 12.3. The molecule has 2 aromatic rings. The van der Waals surface area contributed by atoms with Crippen molar-refractivity contribution in [1.29, 1.82) is 5.26 Å². The summed E-state index contributed by atoms with van der Waals surface area (Å²) in [6.07, 6.45) is 0. The van der Waals surface area contributed by atoms with Crippen molar-refractivity contribution in [3.05, 3.63) is 41.0 Å². The maximum atomic E-state index is 13.4. The third-order valence-electron chi connectivity index (χ3n) is 2.03. The molecule has 0 fully saturated rings. The first-order valence-electron chi connectivity index (χ1n) is 4.80. The lowest BCUT2D eigenvalue weighted by Crippen LogP contribution is -1.89. The van der Waals surface area contributed by atoms with Gasteiger partial charge in [0.15, 0.2) is 0 Å². The van der Waals surface area contributed by atoms with Crippen LogP contribution in [-0.4, -0.2) is 10.2 Å². The van der Waals surface area contributed by atoms with Gasteiger partial charge in [0.25, 0.3) is 5.22 Å². The first kappa shape index (κ1) is 11.6. The number of aromatic nitrogens is 2. The predicted octanol–water partition coefficient (Wildman–Crippen LogP) is 2.68. The lowest BCUT2D eigenvalue weighted by molar-refractivity contribution is 0.429. The van der Waals surface area contributed by atoms with Gasteiger partial charge < -0.3 is 4.42 Å². The average Bonchev–Trinajstić information content (AvgIpc) is 2.74. The van der Waals surface area contributed by atoms with Crippen molar-refractivity contribution in [2.45, 2.75) is 17.9 Å². The van der Waals surface area contributed by atoms with E-state index in [2.05, 4.69) is 10.2 Å². The van der Waals surface area contributed by atoms with Crippen LogP contribution < -0.4 is 0 Å². The van der Waals surface area contributed by atoms with Crippen LogP contribution in [0.5, 0.6) is 0 Å². The van der Waals surface area contributed by atoms with E-state index < -0.39 is 0 Å². The van der Waals surface area contributed by atoms with E-state index in [4.69, 9.17) is 9.68 Å². The fourth-order valence-electron chi connectivity index (χ4n) is 1.23. The molecule has 0 atom stereocenters. The summed E-state index contributed by atoms with van der Waals surface area (Å²) in [5.74, 6) is 0.481. The second kappa shape index (κ2) is 4.97. The maximum absolute atomic E-state index is 13.4. The molecular formula is C11H8FN3OS. The van der Waals surface area contributed by atoms with Gasteiger partial charge in [0.1, 0.15) is 5.82 Å². The number of halogens is 1. The summed E-state index contributed by atoms with van der Waals surface area (Å²) < 4.78 is 18.6. The second-order valence-corrected chi connectivity index (χ2v) is 4.22. The Morgan fingerprint density at radius 1 is 1.47 bits per heavy atom. The zero-order valence-corrected chi connectivity index (χ0v) is 9.79. The average molecular weight is 249 g/mol. The van der Waals surface area contributed by atoms with Crippen molar-refractivity contribution in [1.82, 2.24) is 10.2 Å². The number of hydrogen-bond acceptors (Lipinski definition) is 5. The number of aryl methyl sites for hydroxylation is 1. The van der Waals surface area contributed by atoms with Crippen molar-refractivity contribution in [2.24, 2.45) is 0 Å². The van der Waals surface area contributed by atoms with E-state index in [1.54, 1.807) is 6.92 Å². The summed E-state index contributed by atoms with van der Waals surface area (Å²) >= 11 is 1.24. The molecule has 0 bridgehead atoms. The second-order valence-electron chi connectivity index (χ2n) is 3.29. The Morgan fingerprint density at radius 3 is 2.94 bits per heavy atom. The third-order valence-corrected chi connectivity index (χ3v) is 2.90. The molecule has 0 saturated carbocycles. The number of thioether (sulfide) groups is 1. The van der Waals surface area contributed by atoms with Crippen molar-refractivity contribution in [2.75, 3.05) is 0 Å². The van der Waals surface area contributed by atoms with E-state index in [1.807, 2.05) is 6.07 Å². The van der Waals surface area contributed by atoms with Crippen LogP contribution in [0, 0.1) is 24.1 Å². The Labute approximate surface area is 101 Å². The molecule has 2 rings (SSSR count). The molecule has 6 heteroatoms. The maximum Gasteiger partial charge on any atom is 0.276 e. The van der Waals surface area contributed by atoms with Crippen LogP contribution in [0.3, 0.4) is 0 Å². The summed E-state index contributed by atoms with van der Waals surface area (Å²) in [6, 6.07) is 6.22. The minimum absolute atomic E-state index is 0.340. The molecule has 0 aliphatic rings. The highest BCUT2D eigenvalue weighted by atomic mass is 32.2. The molecule has 0 N–H and O–H groups in total. The van der Waals surface area contributed by atoms with Gasteiger partial charge >= 0.3 is 0 Å². The molecule has 17 heavy (non-hydrogen) atoms. The van der Waals surface area contributed by atoms with Gasteiger partial charge in [-0.05, 0) is 23.8 Å². The molecule has 1 heterocycles. The smallest absolute Gasteiger partial charge is 0.276 e. The van der Waals surface area contributed by atoms with Crippen LogP contribution >= 0.6 is 11.8 Å². The third kappa shape index (κ3) is 2.82. The summed E-state index contributed by atoms with van der Waals surface area (Å²) in [5, 5.41) is 16.6. The van der Waals surface area contributed by atoms with Crippen LogP contribution in [-0.2, 0) is 5.75 Å². The lowest BCUT2D eigenvalue weighted by atomic mass is 10.1. The van der Waals surface area contributed by atoms with Crippen LogP contribution in [0.4, 0.5) is 4.39 Å². The van der Waals surface area contributed by atoms with Gasteiger partial charge in [0.05, 0.1) is 11.6 Å². The Morgan fingerprint density at radius 2 is 2.29 bits per heavy atom. The van der Waals surface area contributed by atoms with Gasteiger partial charge in [-0.1, -0.05) is 11.8 Å². The zero-order valence-electron chi connectivity index (χ0n) is 8.98. The monoisotopic (exact) mass is 249 g/mol. The number of nitrogens with zero attached hydrogens (tertiary/aromatic N) is 3. The van der Waals surface area contributed by atoms with Gasteiger partial charge in [-0.15, -0.1) is 10.2 Å². The quantitative estimate of drug-likeness (QED) is 0.782. The van der Waals surface area contributed by atoms with E-state index >= 15 is 0 Å². The largest absolute Gasteiger partial charge is 0.416 e. The molecule has 0 spiro atoms. The van der Waals surface area contributed by atoms with Gasteiger partial charge in [0, 0.05) is 12.7 Å². The molecule has 1 aromatic heterocycles. The van der Waals surface area contributed by atoms with Gasteiger partial charge in [-0.3, -0.25) is 0 Å². The van der Waals surface area contributed by atoms with E-state index in [0.717, 1.165) is 0 Å². The molecule has 0 amide bonds. The molecule has 0 saturated heterocycles.